The van der Waals surface area contributed by atoms with E-state index >= 15 is 0 Å². The summed E-state index contributed by atoms with van der Waals surface area (Å²) in [5, 5.41) is 3.38. The SMILES string of the molecule is CCCCCOc1ccc(CNC(C)CS(C)=O)cc1. The molecule has 114 valence electrons. The number of hydrogen-bond acceptors (Lipinski definition) is 3. The molecule has 0 aliphatic carbocycles. The van der Waals surface area contributed by atoms with Crippen LogP contribution in [0.5, 0.6) is 5.75 Å². The predicted octanol–water partition coefficient (Wildman–Crippen LogP) is 3.11. The number of hydrogen-bond donors (Lipinski definition) is 1. The van der Waals surface area contributed by atoms with Crippen LogP contribution >= 0.6 is 0 Å². The van der Waals surface area contributed by atoms with Gasteiger partial charge in [0.25, 0.3) is 0 Å². The van der Waals surface area contributed by atoms with Crippen molar-refractivity contribution in [3.05, 3.63) is 29.8 Å². The Hall–Kier alpha value is -0.870. The summed E-state index contributed by atoms with van der Waals surface area (Å²) in [6.45, 7) is 5.85. The molecule has 1 aromatic rings. The Morgan fingerprint density at radius 1 is 1.25 bits per heavy atom. The summed E-state index contributed by atoms with van der Waals surface area (Å²) < 4.78 is 16.8. The first kappa shape index (κ1) is 17.2. The van der Waals surface area contributed by atoms with Gasteiger partial charge in [0, 0.05) is 35.4 Å². The largest absolute Gasteiger partial charge is 0.494 e. The van der Waals surface area contributed by atoms with Crippen LogP contribution in [0.3, 0.4) is 0 Å². The van der Waals surface area contributed by atoms with E-state index < -0.39 is 10.8 Å². The molecule has 4 heteroatoms. The van der Waals surface area contributed by atoms with Crippen molar-refractivity contribution in [2.75, 3.05) is 18.6 Å². The highest BCUT2D eigenvalue weighted by atomic mass is 32.2. The lowest BCUT2D eigenvalue weighted by Gasteiger charge is -2.12. The summed E-state index contributed by atoms with van der Waals surface area (Å²) in [6.07, 6.45) is 5.29. The molecule has 0 aromatic heterocycles. The quantitative estimate of drug-likeness (QED) is 0.674. The van der Waals surface area contributed by atoms with E-state index in [1.807, 2.05) is 12.1 Å². The molecule has 1 aromatic carbocycles. The lowest BCUT2D eigenvalue weighted by Crippen LogP contribution is -2.30. The van der Waals surface area contributed by atoms with Gasteiger partial charge in [-0.05, 0) is 31.0 Å². The van der Waals surface area contributed by atoms with E-state index in [2.05, 4.69) is 31.3 Å². The molecule has 1 N–H and O–H groups in total. The van der Waals surface area contributed by atoms with Crippen LogP contribution in [0.2, 0.25) is 0 Å². The van der Waals surface area contributed by atoms with E-state index in [0.717, 1.165) is 25.3 Å². The Morgan fingerprint density at radius 3 is 2.55 bits per heavy atom. The van der Waals surface area contributed by atoms with E-state index in [4.69, 9.17) is 4.74 Å². The molecule has 0 saturated carbocycles. The molecule has 0 aliphatic heterocycles. The van der Waals surface area contributed by atoms with Crippen LogP contribution in [0.15, 0.2) is 24.3 Å². The molecule has 0 fully saturated rings. The van der Waals surface area contributed by atoms with Crippen molar-refractivity contribution < 1.29 is 8.95 Å². The molecule has 20 heavy (non-hydrogen) atoms. The van der Waals surface area contributed by atoms with Gasteiger partial charge in [-0.2, -0.15) is 0 Å². The van der Waals surface area contributed by atoms with Gasteiger partial charge in [0.2, 0.25) is 0 Å². The van der Waals surface area contributed by atoms with Crippen LogP contribution in [0.1, 0.15) is 38.7 Å². The van der Waals surface area contributed by atoms with Crippen molar-refractivity contribution in [3.8, 4) is 5.75 Å². The third-order valence-electron chi connectivity index (χ3n) is 3.08. The fourth-order valence-corrected chi connectivity index (χ4v) is 2.77. The average Bonchev–Trinajstić information content (AvgIpc) is 2.42. The average molecular weight is 297 g/mol. The van der Waals surface area contributed by atoms with Crippen molar-refractivity contribution in [3.63, 3.8) is 0 Å². The molecule has 0 radical (unpaired) electrons. The number of nitrogens with one attached hydrogen (secondary N) is 1. The fraction of sp³-hybridized carbons (Fsp3) is 0.625. The molecule has 0 spiro atoms. The van der Waals surface area contributed by atoms with Crippen LogP contribution in [-0.2, 0) is 17.3 Å². The molecular formula is C16H27NO2S. The van der Waals surface area contributed by atoms with Gasteiger partial charge in [-0.15, -0.1) is 0 Å². The second-order valence-corrected chi connectivity index (χ2v) is 6.70. The van der Waals surface area contributed by atoms with Crippen molar-refractivity contribution in [1.82, 2.24) is 5.32 Å². The zero-order valence-electron chi connectivity index (χ0n) is 12.9. The summed E-state index contributed by atoms with van der Waals surface area (Å²) in [5.74, 6) is 1.63. The van der Waals surface area contributed by atoms with Crippen molar-refractivity contribution in [2.24, 2.45) is 0 Å². The first-order chi connectivity index (χ1) is 9.61. The van der Waals surface area contributed by atoms with E-state index in [9.17, 15) is 4.21 Å². The van der Waals surface area contributed by atoms with Gasteiger partial charge in [0.15, 0.2) is 0 Å². The molecule has 0 saturated heterocycles. The molecule has 0 heterocycles. The summed E-state index contributed by atoms with van der Waals surface area (Å²) >= 11 is 0. The summed E-state index contributed by atoms with van der Waals surface area (Å²) in [7, 11) is -0.745. The van der Waals surface area contributed by atoms with Crippen molar-refractivity contribution in [2.45, 2.75) is 45.7 Å². The first-order valence-electron chi connectivity index (χ1n) is 7.37. The van der Waals surface area contributed by atoms with Crippen LogP contribution in [0, 0.1) is 0 Å². The fourth-order valence-electron chi connectivity index (χ4n) is 1.95. The highest BCUT2D eigenvalue weighted by molar-refractivity contribution is 7.84. The number of rotatable bonds is 10. The minimum atomic E-state index is -0.745. The lowest BCUT2D eigenvalue weighted by molar-refractivity contribution is 0.306. The van der Waals surface area contributed by atoms with Gasteiger partial charge in [-0.25, -0.2) is 0 Å². The van der Waals surface area contributed by atoms with Gasteiger partial charge < -0.3 is 10.1 Å². The highest BCUT2D eigenvalue weighted by Crippen LogP contribution is 2.13. The Bertz CT molecular complexity index is 392. The summed E-state index contributed by atoms with van der Waals surface area (Å²) in [5.41, 5.74) is 1.22. The summed E-state index contributed by atoms with van der Waals surface area (Å²) in [6, 6.07) is 8.47. The summed E-state index contributed by atoms with van der Waals surface area (Å²) in [4.78, 5) is 0. The minimum Gasteiger partial charge on any atom is -0.494 e. The van der Waals surface area contributed by atoms with Crippen molar-refractivity contribution in [1.29, 1.82) is 0 Å². The molecule has 0 bridgehead atoms. The standard InChI is InChI=1S/C16H27NO2S/c1-4-5-6-11-19-16-9-7-15(8-10-16)12-17-14(2)13-20(3)18/h7-10,14,17H,4-6,11-13H2,1-3H3. The molecule has 1 rings (SSSR count). The molecule has 2 atom stereocenters. The second kappa shape index (κ2) is 9.94. The van der Waals surface area contributed by atoms with Gasteiger partial charge in [-0.3, -0.25) is 4.21 Å². The number of ether oxygens (including phenoxy) is 1. The van der Waals surface area contributed by atoms with E-state index in [1.165, 1.54) is 18.4 Å². The van der Waals surface area contributed by atoms with E-state index in [-0.39, 0.29) is 6.04 Å². The molecular weight excluding hydrogens is 270 g/mol. The molecule has 0 amide bonds. The second-order valence-electron chi connectivity index (χ2n) is 5.22. The van der Waals surface area contributed by atoms with Gasteiger partial charge in [0.05, 0.1) is 6.61 Å². The Labute approximate surface area is 125 Å². The van der Waals surface area contributed by atoms with E-state index in [1.54, 1.807) is 6.26 Å². The number of unbranched alkanes of at least 4 members (excludes halogenated alkanes) is 2. The Balaban J connectivity index is 2.29. The molecule has 3 nitrogen and oxygen atoms in total. The minimum absolute atomic E-state index is 0.269. The van der Waals surface area contributed by atoms with E-state index in [0.29, 0.717) is 5.75 Å². The molecule has 2 unspecified atom stereocenters. The normalized spacial score (nSPS) is 13.9. The third-order valence-corrected chi connectivity index (χ3v) is 4.05. The van der Waals surface area contributed by atoms with Crippen LogP contribution < -0.4 is 10.1 Å². The van der Waals surface area contributed by atoms with Gasteiger partial charge in [0.1, 0.15) is 5.75 Å². The lowest BCUT2D eigenvalue weighted by atomic mass is 10.2. The van der Waals surface area contributed by atoms with Crippen LogP contribution in [0.25, 0.3) is 0 Å². The maximum atomic E-state index is 11.1. The Kier molecular flexibility index (Phi) is 8.54. The zero-order chi connectivity index (χ0) is 14.8. The van der Waals surface area contributed by atoms with Crippen LogP contribution in [0.4, 0.5) is 0 Å². The Morgan fingerprint density at radius 2 is 1.95 bits per heavy atom. The smallest absolute Gasteiger partial charge is 0.119 e. The maximum Gasteiger partial charge on any atom is 0.119 e. The van der Waals surface area contributed by atoms with Gasteiger partial charge >= 0.3 is 0 Å². The zero-order valence-corrected chi connectivity index (χ0v) is 13.7. The van der Waals surface area contributed by atoms with Gasteiger partial charge in [-0.1, -0.05) is 31.9 Å². The maximum absolute atomic E-state index is 11.1. The third kappa shape index (κ3) is 7.65. The van der Waals surface area contributed by atoms with Crippen molar-refractivity contribution >= 4 is 10.8 Å². The monoisotopic (exact) mass is 297 g/mol. The number of benzene rings is 1. The van der Waals surface area contributed by atoms with Crippen LogP contribution in [-0.4, -0.2) is 28.9 Å². The highest BCUT2D eigenvalue weighted by Gasteiger charge is 2.03. The predicted molar refractivity (Wildman–Crippen MR) is 86.7 cm³/mol. The first-order valence-corrected chi connectivity index (χ1v) is 9.09. The topological polar surface area (TPSA) is 38.3 Å². The molecule has 0 aliphatic rings.